The number of aliphatic hydroxyl groups is 1. The van der Waals surface area contributed by atoms with Gasteiger partial charge in [0.1, 0.15) is 41.6 Å². The van der Waals surface area contributed by atoms with Gasteiger partial charge in [-0.05, 0) is 52.1 Å². The van der Waals surface area contributed by atoms with Crippen molar-refractivity contribution in [2.24, 2.45) is 11.8 Å². The number of likely N-dealkylation sites (N-methyl/N-ethyl adjacent to an activating group) is 3. The molecule has 0 aromatic heterocycles. The van der Waals surface area contributed by atoms with E-state index >= 15 is 0 Å². The second-order valence-corrected chi connectivity index (χ2v) is 18.3. The number of esters is 3. The first-order valence-corrected chi connectivity index (χ1v) is 23.0. The molecule has 2 rings (SSSR count). The Kier molecular flexibility index (Phi) is 22.8. The Morgan fingerprint density at radius 3 is 2.06 bits per heavy atom. The molecule has 1 aliphatic rings. The normalized spacial score (nSPS) is 26.0. The largest absolute Gasteiger partial charge is 0.459 e. The summed E-state index contributed by atoms with van der Waals surface area (Å²) >= 11 is 0. The summed E-state index contributed by atoms with van der Waals surface area (Å²) in [5.41, 5.74) is -2.25. The zero-order chi connectivity index (χ0) is 53.5. The summed E-state index contributed by atoms with van der Waals surface area (Å²) in [6.45, 7) is 17.4. The van der Waals surface area contributed by atoms with Gasteiger partial charge in [-0.25, -0.2) is 9.59 Å². The van der Waals surface area contributed by atoms with Crippen LogP contribution in [0.15, 0.2) is 42.6 Å². The van der Waals surface area contributed by atoms with Crippen LogP contribution in [-0.4, -0.2) is 181 Å². The van der Waals surface area contributed by atoms with Gasteiger partial charge in [0.25, 0.3) is 11.8 Å². The molecular formula is C48H73N7O15. The van der Waals surface area contributed by atoms with Crippen LogP contribution in [0.1, 0.15) is 81.2 Å². The smallest absolute Gasteiger partial charge is 0.333 e. The number of nitrogens with zero attached hydrogens (tertiary/aromatic N) is 3. The second-order valence-electron chi connectivity index (χ2n) is 18.3. The fourth-order valence-corrected chi connectivity index (χ4v) is 7.66. The molecule has 1 heterocycles. The first-order valence-electron chi connectivity index (χ1n) is 23.0. The van der Waals surface area contributed by atoms with Crippen LogP contribution in [0.25, 0.3) is 0 Å². The van der Waals surface area contributed by atoms with Gasteiger partial charge < -0.3 is 59.9 Å². The van der Waals surface area contributed by atoms with Crippen molar-refractivity contribution in [3.63, 3.8) is 0 Å². The molecule has 1 aromatic rings. The maximum Gasteiger partial charge on any atom is 0.333 e. The lowest BCUT2D eigenvalue weighted by Crippen LogP contribution is -2.70. The third-order valence-corrected chi connectivity index (χ3v) is 12.1. The van der Waals surface area contributed by atoms with E-state index < -0.39 is 144 Å². The number of rotatable bonds is 14. The van der Waals surface area contributed by atoms with Gasteiger partial charge in [0, 0.05) is 47.5 Å². The van der Waals surface area contributed by atoms with E-state index in [4.69, 9.17) is 18.9 Å². The molecular weight excluding hydrogens is 915 g/mol. The predicted molar refractivity (Wildman–Crippen MR) is 253 cm³/mol. The highest BCUT2D eigenvalue weighted by atomic mass is 16.6. The molecule has 1 aromatic carbocycles. The highest BCUT2D eigenvalue weighted by molar-refractivity contribution is 6.01. The summed E-state index contributed by atoms with van der Waals surface area (Å²) in [4.78, 5) is 141. The Bertz CT molecular complexity index is 2070. The number of cyclic esters (lactones) is 2. The molecule has 0 bridgehead atoms. The molecule has 22 heteroatoms. The molecule has 1 aliphatic heterocycles. The fraction of sp³-hybridized carbons (Fsp3) is 0.625. The van der Waals surface area contributed by atoms with Crippen molar-refractivity contribution in [3.05, 3.63) is 48.2 Å². The van der Waals surface area contributed by atoms with Crippen LogP contribution in [0.3, 0.4) is 0 Å². The van der Waals surface area contributed by atoms with E-state index in [1.165, 1.54) is 67.8 Å². The maximum absolute atomic E-state index is 14.5. The first-order chi connectivity index (χ1) is 32.6. The average molecular weight is 988 g/mol. The summed E-state index contributed by atoms with van der Waals surface area (Å²) in [6.07, 6.45) is -7.32. The number of ether oxygens (including phenoxy) is 4. The Balaban J connectivity index is 2.94. The van der Waals surface area contributed by atoms with Crippen molar-refractivity contribution in [1.29, 1.82) is 0 Å². The van der Waals surface area contributed by atoms with Crippen molar-refractivity contribution in [2.45, 2.75) is 148 Å². The van der Waals surface area contributed by atoms with Crippen molar-refractivity contribution >= 4 is 59.6 Å². The molecule has 70 heavy (non-hydrogen) atoms. The summed E-state index contributed by atoms with van der Waals surface area (Å²) in [5.74, 6) is -9.91. The Hall–Kier alpha value is -6.26. The predicted octanol–water partition coefficient (Wildman–Crippen LogP) is -0.217. The van der Waals surface area contributed by atoms with Crippen molar-refractivity contribution in [2.75, 3.05) is 34.8 Å². The van der Waals surface area contributed by atoms with E-state index in [0.717, 1.165) is 16.7 Å². The lowest BCUT2D eigenvalue weighted by Gasteiger charge is -2.44. The first kappa shape index (κ1) is 59.9. The van der Waals surface area contributed by atoms with Gasteiger partial charge in [0.15, 0.2) is 24.5 Å². The molecule has 0 spiro atoms. The van der Waals surface area contributed by atoms with Gasteiger partial charge in [-0.1, -0.05) is 71.5 Å². The van der Waals surface area contributed by atoms with Crippen LogP contribution in [0.5, 0.6) is 0 Å². The quantitative estimate of drug-likeness (QED) is 0.0698. The number of nitrogens with one attached hydrogen (secondary N) is 4. The summed E-state index contributed by atoms with van der Waals surface area (Å²) < 4.78 is 23.2. The van der Waals surface area contributed by atoms with E-state index in [9.17, 15) is 53.1 Å². The van der Waals surface area contributed by atoms with Gasteiger partial charge in [-0.15, -0.1) is 0 Å². The minimum absolute atomic E-state index is 0.0610. The van der Waals surface area contributed by atoms with Crippen LogP contribution >= 0.6 is 0 Å². The van der Waals surface area contributed by atoms with Crippen LogP contribution in [0.2, 0.25) is 0 Å². The van der Waals surface area contributed by atoms with Gasteiger partial charge in [0.05, 0.1) is 12.2 Å². The number of hydrogen-bond donors (Lipinski definition) is 5. The molecule has 11 atom stereocenters. The lowest BCUT2D eigenvalue weighted by molar-refractivity contribution is -0.173. The van der Waals surface area contributed by atoms with Crippen molar-refractivity contribution in [3.8, 4) is 0 Å². The molecule has 22 nitrogen and oxygen atoms in total. The molecule has 5 N–H and O–H groups in total. The third kappa shape index (κ3) is 15.6. The molecule has 390 valence electrons. The molecule has 0 aliphatic carbocycles. The van der Waals surface area contributed by atoms with Gasteiger partial charge in [-0.2, -0.15) is 0 Å². The zero-order valence-electron chi connectivity index (χ0n) is 42.7. The third-order valence-electron chi connectivity index (χ3n) is 12.1. The van der Waals surface area contributed by atoms with Gasteiger partial charge in [0.2, 0.25) is 23.6 Å². The minimum Gasteiger partial charge on any atom is -0.459 e. The molecule has 0 radical (unpaired) electrons. The van der Waals surface area contributed by atoms with Crippen LogP contribution in [0.4, 0.5) is 0 Å². The van der Waals surface area contributed by atoms with Crippen LogP contribution in [-0.2, 0) is 73.3 Å². The second kappa shape index (κ2) is 26.6. The van der Waals surface area contributed by atoms with E-state index in [0.29, 0.717) is 11.8 Å². The standard InChI is InChI=1S/C48H73N7O15/c1-16-35(58)51-37(39(59)25(2)3)46(65)70-40(26(4)5)48(24-56)23-53(12)38(31(10)67-15)47(66)68-30(9)36(50-32(11)57)45(64)69-34(22-33-20-18-17-19-21-33)44(63)55(14)28(7)41(60)49-27(6)43(62)54(13)29(8)42(61)52-48/h17-21,24-27,29-31,34,36-40,59H,7,16,22-23H2,1-6,8-15H3,(H,49,60)(H,50,57)(H,51,58)(H,52,61)/t27-,29-,30+,31+,34+,36-,37-,38-,39+,40+,48-/m0/s1. The van der Waals surface area contributed by atoms with E-state index in [1.54, 1.807) is 58.0 Å². The van der Waals surface area contributed by atoms with Crippen LogP contribution in [0, 0.1) is 11.8 Å². The van der Waals surface area contributed by atoms with Gasteiger partial charge in [-0.3, -0.25) is 38.5 Å². The number of carbonyl (C=O) groups is 10. The highest BCUT2D eigenvalue weighted by Crippen LogP contribution is 2.26. The Morgan fingerprint density at radius 1 is 0.943 bits per heavy atom. The summed E-state index contributed by atoms with van der Waals surface area (Å²) in [6, 6.07) is 0.775. The molecule has 6 amide bonds. The monoisotopic (exact) mass is 988 g/mol. The van der Waals surface area contributed by atoms with E-state index in [1.807, 2.05) is 0 Å². The molecule has 1 fully saturated rings. The summed E-state index contributed by atoms with van der Waals surface area (Å²) in [5, 5.41) is 21.1. The number of hydrogen-bond acceptors (Lipinski definition) is 16. The topological polar surface area (TPSA) is 286 Å². The van der Waals surface area contributed by atoms with E-state index in [-0.39, 0.29) is 12.8 Å². The maximum atomic E-state index is 14.5. The molecule has 0 saturated carbocycles. The van der Waals surface area contributed by atoms with Crippen molar-refractivity contribution in [1.82, 2.24) is 36.0 Å². The zero-order valence-corrected chi connectivity index (χ0v) is 42.7. The number of aldehydes is 1. The van der Waals surface area contributed by atoms with E-state index in [2.05, 4.69) is 27.8 Å². The SMILES string of the molecule is C=C1C(=O)N[C@@H](C)C(=O)N(C)[C@@H](C)C(=O)N[C@@](C=O)([C@H](OC(=O)[C@@H](NC(=O)CC)[C@H](O)C(C)C)C(C)C)CN(C)[C@@H]([C@@H](C)OC)C(=O)O[C@H](C)[C@H](NC(C)=O)C(=O)O[C@H](Cc2ccccc2)C(=O)N1C. The highest BCUT2D eigenvalue weighted by Gasteiger charge is 2.50. The lowest BCUT2D eigenvalue weighted by atomic mass is 9.84. The summed E-state index contributed by atoms with van der Waals surface area (Å²) in [7, 11) is 5.09. The van der Waals surface area contributed by atoms with Gasteiger partial charge >= 0.3 is 17.9 Å². The number of benzene rings is 1. The minimum atomic E-state index is -2.31. The number of amides is 6. The number of carbonyl (C=O) groups excluding carboxylic acids is 10. The molecule has 0 unspecified atom stereocenters. The Labute approximate surface area is 409 Å². The molecule has 1 saturated heterocycles. The number of aliphatic hydroxyl groups excluding tert-OH is 1. The number of methoxy groups -OCH3 is 1. The van der Waals surface area contributed by atoms with Crippen LogP contribution < -0.4 is 21.3 Å². The Morgan fingerprint density at radius 2 is 1.54 bits per heavy atom. The average Bonchev–Trinajstić information content (AvgIpc) is 3.31. The van der Waals surface area contributed by atoms with Crippen molar-refractivity contribution < 1.29 is 72.0 Å². The fourth-order valence-electron chi connectivity index (χ4n) is 7.66.